The SMILES string of the molecule is N=Cc1cccc(-c2cccc3sc4ccccc4c23)c1. The van der Waals surface area contributed by atoms with Crippen molar-refractivity contribution >= 4 is 37.7 Å². The number of hydrogen-bond donors (Lipinski definition) is 1. The van der Waals surface area contributed by atoms with Crippen LogP contribution in [-0.4, -0.2) is 6.21 Å². The summed E-state index contributed by atoms with van der Waals surface area (Å²) < 4.78 is 2.64. The van der Waals surface area contributed by atoms with Gasteiger partial charge in [0.05, 0.1) is 0 Å². The molecule has 1 N–H and O–H groups in total. The van der Waals surface area contributed by atoms with Crippen molar-refractivity contribution in [3.63, 3.8) is 0 Å². The molecule has 0 saturated carbocycles. The van der Waals surface area contributed by atoms with Gasteiger partial charge in [-0.25, -0.2) is 0 Å². The number of hydrogen-bond acceptors (Lipinski definition) is 2. The maximum Gasteiger partial charge on any atom is 0.0361 e. The van der Waals surface area contributed by atoms with Crippen molar-refractivity contribution in [1.82, 2.24) is 0 Å². The van der Waals surface area contributed by atoms with E-state index in [-0.39, 0.29) is 0 Å². The molecule has 1 nitrogen and oxygen atoms in total. The van der Waals surface area contributed by atoms with E-state index >= 15 is 0 Å². The van der Waals surface area contributed by atoms with Crippen molar-refractivity contribution < 1.29 is 0 Å². The summed E-state index contributed by atoms with van der Waals surface area (Å²) in [5.74, 6) is 0. The lowest BCUT2D eigenvalue weighted by molar-refractivity contribution is 1.54. The second-order valence-electron chi connectivity index (χ2n) is 5.05. The lowest BCUT2D eigenvalue weighted by atomic mass is 9.98. The number of nitrogens with one attached hydrogen (secondary N) is 1. The van der Waals surface area contributed by atoms with Crippen LogP contribution in [0.3, 0.4) is 0 Å². The fraction of sp³-hybridized carbons (Fsp3) is 0. The average Bonchev–Trinajstić information content (AvgIpc) is 2.93. The van der Waals surface area contributed by atoms with Crippen molar-refractivity contribution in [2.24, 2.45) is 0 Å². The maximum atomic E-state index is 7.44. The van der Waals surface area contributed by atoms with Gasteiger partial charge in [-0.1, -0.05) is 48.5 Å². The van der Waals surface area contributed by atoms with Crippen molar-refractivity contribution in [3.05, 3.63) is 72.3 Å². The normalized spacial score (nSPS) is 11.0. The lowest BCUT2D eigenvalue weighted by Gasteiger charge is -2.05. The Bertz CT molecular complexity index is 966. The molecule has 2 heteroatoms. The molecule has 0 saturated heterocycles. The van der Waals surface area contributed by atoms with Gasteiger partial charge in [-0.15, -0.1) is 11.3 Å². The number of fused-ring (bicyclic) bond motifs is 3. The zero-order chi connectivity index (χ0) is 14.2. The van der Waals surface area contributed by atoms with Crippen molar-refractivity contribution in [1.29, 1.82) is 5.41 Å². The van der Waals surface area contributed by atoms with Gasteiger partial charge in [-0.3, -0.25) is 0 Å². The van der Waals surface area contributed by atoms with E-state index < -0.39 is 0 Å². The monoisotopic (exact) mass is 287 g/mol. The zero-order valence-electron chi connectivity index (χ0n) is 11.3. The molecule has 0 fully saturated rings. The molecule has 1 heterocycles. The van der Waals surface area contributed by atoms with E-state index in [4.69, 9.17) is 5.41 Å². The Labute approximate surface area is 127 Å². The molecule has 0 aliphatic rings. The third-order valence-electron chi connectivity index (χ3n) is 3.77. The molecule has 0 radical (unpaired) electrons. The summed E-state index contributed by atoms with van der Waals surface area (Å²) in [5.41, 5.74) is 3.35. The Kier molecular flexibility index (Phi) is 2.83. The molecule has 0 aliphatic carbocycles. The molecular weight excluding hydrogens is 274 g/mol. The van der Waals surface area contributed by atoms with E-state index in [2.05, 4.69) is 54.6 Å². The van der Waals surface area contributed by atoms with Crippen LogP contribution < -0.4 is 0 Å². The van der Waals surface area contributed by atoms with Crippen LogP contribution in [0.4, 0.5) is 0 Å². The van der Waals surface area contributed by atoms with Gasteiger partial charge in [0.15, 0.2) is 0 Å². The predicted octanol–water partition coefficient (Wildman–Crippen LogP) is 5.72. The van der Waals surface area contributed by atoms with Crippen LogP contribution in [0, 0.1) is 5.41 Å². The number of thiophene rings is 1. The fourth-order valence-electron chi connectivity index (χ4n) is 2.81. The second kappa shape index (κ2) is 4.83. The van der Waals surface area contributed by atoms with E-state index in [1.807, 2.05) is 23.5 Å². The van der Waals surface area contributed by atoms with E-state index in [1.165, 1.54) is 37.5 Å². The third-order valence-corrected chi connectivity index (χ3v) is 4.90. The minimum Gasteiger partial charge on any atom is -0.308 e. The predicted molar refractivity (Wildman–Crippen MR) is 92.7 cm³/mol. The van der Waals surface area contributed by atoms with Crippen LogP contribution in [0.5, 0.6) is 0 Å². The molecule has 3 aromatic carbocycles. The highest BCUT2D eigenvalue weighted by Crippen LogP contribution is 2.39. The lowest BCUT2D eigenvalue weighted by Crippen LogP contribution is -1.83. The summed E-state index contributed by atoms with van der Waals surface area (Å²) >= 11 is 1.84. The molecule has 0 bridgehead atoms. The third kappa shape index (κ3) is 1.96. The van der Waals surface area contributed by atoms with Crippen LogP contribution in [0.25, 0.3) is 31.3 Å². The topological polar surface area (TPSA) is 23.9 Å². The molecule has 21 heavy (non-hydrogen) atoms. The van der Waals surface area contributed by atoms with Gasteiger partial charge in [0.2, 0.25) is 0 Å². The highest BCUT2D eigenvalue weighted by atomic mass is 32.1. The summed E-state index contributed by atoms with van der Waals surface area (Å²) in [6.07, 6.45) is 1.40. The largest absolute Gasteiger partial charge is 0.308 e. The zero-order valence-corrected chi connectivity index (χ0v) is 12.2. The molecule has 100 valence electrons. The first-order valence-corrected chi connectivity index (χ1v) is 7.69. The van der Waals surface area contributed by atoms with E-state index in [1.54, 1.807) is 0 Å². The van der Waals surface area contributed by atoms with Gasteiger partial charge in [0, 0.05) is 26.4 Å². The van der Waals surface area contributed by atoms with E-state index in [0.29, 0.717) is 0 Å². The molecule has 0 aliphatic heterocycles. The summed E-state index contributed by atoms with van der Waals surface area (Å²) in [6.45, 7) is 0. The summed E-state index contributed by atoms with van der Waals surface area (Å²) in [4.78, 5) is 0. The molecule has 0 unspecified atom stereocenters. The molecule has 4 rings (SSSR count). The van der Waals surface area contributed by atoms with Gasteiger partial charge in [-0.2, -0.15) is 0 Å². The van der Waals surface area contributed by atoms with Crippen molar-refractivity contribution in [2.75, 3.05) is 0 Å². The van der Waals surface area contributed by atoms with Gasteiger partial charge in [0.25, 0.3) is 0 Å². The fourth-order valence-corrected chi connectivity index (χ4v) is 3.94. The first-order chi connectivity index (χ1) is 10.4. The molecule has 0 atom stereocenters. The Morgan fingerprint density at radius 2 is 1.62 bits per heavy atom. The maximum absolute atomic E-state index is 7.44. The van der Waals surface area contributed by atoms with Gasteiger partial charge in [-0.05, 0) is 34.9 Å². The van der Waals surface area contributed by atoms with Gasteiger partial charge >= 0.3 is 0 Å². The summed E-state index contributed by atoms with van der Waals surface area (Å²) in [5, 5.41) is 10.1. The van der Waals surface area contributed by atoms with Crippen molar-refractivity contribution in [3.8, 4) is 11.1 Å². The van der Waals surface area contributed by atoms with Crippen molar-refractivity contribution in [2.45, 2.75) is 0 Å². The highest BCUT2D eigenvalue weighted by molar-refractivity contribution is 7.25. The number of benzene rings is 3. The Balaban J connectivity index is 2.10. The molecule has 4 aromatic rings. The van der Waals surface area contributed by atoms with Gasteiger partial charge in [0.1, 0.15) is 0 Å². The van der Waals surface area contributed by atoms with Crippen LogP contribution in [0.2, 0.25) is 0 Å². The minimum absolute atomic E-state index is 0.934. The highest BCUT2D eigenvalue weighted by Gasteiger charge is 2.10. The average molecular weight is 287 g/mol. The second-order valence-corrected chi connectivity index (χ2v) is 6.13. The minimum atomic E-state index is 0.934. The summed E-state index contributed by atoms with van der Waals surface area (Å²) in [6, 6.07) is 23.2. The Hall–Kier alpha value is -2.45. The molecule has 0 spiro atoms. The molecule has 0 amide bonds. The van der Waals surface area contributed by atoms with E-state index in [9.17, 15) is 0 Å². The first kappa shape index (κ1) is 12.3. The summed E-state index contributed by atoms with van der Waals surface area (Å²) in [7, 11) is 0. The van der Waals surface area contributed by atoms with E-state index in [0.717, 1.165) is 5.56 Å². The van der Waals surface area contributed by atoms with Crippen LogP contribution in [-0.2, 0) is 0 Å². The standard InChI is InChI=1S/C19H13NS/c20-12-13-5-3-6-14(11-13)15-8-4-10-18-19(15)16-7-1-2-9-17(16)21-18/h1-12,20H. The van der Waals surface area contributed by atoms with Gasteiger partial charge < -0.3 is 5.41 Å². The number of rotatable bonds is 2. The Morgan fingerprint density at radius 1 is 0.810 bits per heavy atom. The Morgan fingerprint density at radius 3 is 2.52 bits per heavy atom. The van der Waals surface area contributed by atoms with Crippen LogP contribution in [0.1, 0.15) is 5.56 Å². The van der Waals surface area contributed by atoms with Crippen LogP contribution in [0.15, 0.2) is 66.7 Å². The smallest absolute Gasteiger partial charge is 0.0361 e. The quantitative estimate of drug-likeness (QED) is 0.456. The van der Waals surface area contributed by atoms with Crippen LogP contribution >= 0.6 is 11.3 Å². The molecular formula is C19H13NS. The molecule has 1 aromatic heterocycles. The first-order valence-electron chi connectivity index (χ1n) is 6.88.